The normalized spacial score (nSPS) is 14.1. The monoisotopic (exact) mass is 459 g/mol. The molecular formula is C25H25N5O2S. The summed E-state index contributed by atoms with van der Waals surface area (Å²) in [5.41, 5.74) is 3.90. The van der Waals surface area contributed by atoms with Gasteiger partial charge in [-0.25, -0.2) is 0 Å². The molecule has 0 atom stereocenters. The quantitative estimate of drug-likeness (QED) is 0.412. The third-order valence-corrected chi connectivity index (χ3v) is 6.97. The summed E-state index contributed by atoms with van der Waals surface area (Å²) >= 11 is 1.32. The molecule has 0 saturated heterocycles. The number of thioether (sulfide) groups is 1. The summed E-state index contributed by atoms with van der Waals surface area (Å²) < 4.78 is 1.98. The minimum Gasteiger partial charge on any atom is -0.349 e. The van der Waals surface area contributed by atoms with Crippen molar-refractivity contribution in [2.24, 2.45) is 0 Å². The molecule has 7 nitrogen and oxygen atoms in total. The van der Waals surface area contributed by atoms with E-state index in [0.29, 0.717) is 16.4 Å². The molecule has 168 valence electrons. The van der Waals surface area contributed by atoms with E-state index in [2.05, 4.69) is 33.8 Å². The van der Waals surface area contributed by atoms with E-state index >= 15 is 0 Å². The first-order chi connectivity index (χ1) is 16.1. The summed E-state index contributed by atoms with van der Waals surface area (Å²) in [5, 5.41) is 16.3. The van der Waals surface area contributed by atoms with Crippen LogP contribution in [-0.4, -0.2) is 38.2 Å². The highest BCUT2D eigenvalue weighted by Crippen LogP contribution is 2.26. The van der Waals surface area contributed by atoms with E-state index in [1.54, 1.807) is 12.1 Å². The number of para-hydroxylation sites is 2. The van der Waals surface area contributed by atoms with Gasteiger partial charge in [-0.15, -0.1) is 10.2 Å². The van der Waals surface area contributed by atoms with Gasteiger partial charge in [0, 0.05) is 11.4 Å². The number of rotatable bonds is 6. The summed E-state index contributed by atoms with van der Waals surface area (Å²) in [7, 11) is 0. The van der Waals surface area contributed by atoms with Crippen molar-refractivity contribution in [3.05, 3.63) is 65.7 Å². The number of carbonyl (C=O) groups excluding carboxylic acids is 2. The highest BCUT2D eigenvalue weighted by molar-refractivity contribution is 7.99. The average Bonchev–Trinajstić information content (AvgIpc) is 3.48. The number of amides is 2. The fraction of sp³-hybridized carbons (Fsp3) is 0.280. The minimum atomic E-state index is -0.200. The first kappa shape index (κ1) is 21.5. The first-order valence-corrected chi connectivity index (χ1v) is 12.1. The minimum absolute atomic E-state index is 0.143. The number of hydrogen-bond donors (Lipinski definition) is 2. The standard InChI is InChI=1S/C25H25N5O2S/c1-16-14-22-28-29-25(30(22)21-13-7-5-10-18(16)21)33-15-23(31)27-20-12-6-4-11-19(20)24(32)26-17-8-2-3-9-17/h4-7,10-14,17H,2-3,8-9,15H2,1H3,(H,26,32)(H,27,31). The molecule has 1 aliphatic carbocycles. The van der Waals surface area contributed by atoms with Gasteiger partial charge in [0.05, 0.1) is 22.5 Å². The van der Waals surface area contributed by atoms with Crippen LogP contribution in [0.15, 0.2) is 59.8 Å². The highest BCUT2D eigenvalue weighted by Gasteiger charge is 2.20. The van der Waals surface area contributed by atoms with Crippen molar-refractivity contribution in [1.82, 2.24) is 19.9 Å². The Bertz CT molecular complexity index is 1340. The maximum atomic E-state index is 12.8. The largest absolute Gasteiger partial charge is 0.349 e. The van der Waals surface area contributed by atoms with Crippen LogP contribution in [-0.2, 0) is 4.79 Å². The van der Waals surface area contributed by atoms with E-state index in [1.807, 2.05) is 40.8 Å². The number of hydrogen-bond acceptors (Lipinski definition) is 5. The lowest BCUT2D eigenvalue weighted by Crippen LogP contribution is -2.33. The number of carbonyl (C=O) groups is 2. The van der Waals surface area contributed by atoms with Gasteiger partial charge < -0.3 is 10.6 Å². The third kappa shape index (κ3) is 4.43. The average molecular weight is 460 g/mol. The van der Waals surface area contributed by atoms with Gasteiger partial charge in [-0.05, 0) is 49.6 Å². The van der Waals surface area contributed by atoms with Crippen molar-refractivity contribution in [1.29, 1.82) is 0 Å². The molecule has 1 saturated carbocycles. The van der Waals surface area contributed by atoms with Crippen LogP contribution in [0.25, 0.3) is 16.6 Å². The number of nitrogens with zero attached hydrogens (tertiary/aromatic N) is 3. The second kappa shape index (κ2) is 9.23. The first-order valence-electron chi connectivity index (χ1n) is 11.2. The fourth-order valence-electron chi connectivity index (χ4n) is 4.41. The predicted molar refractivity (Wildman–Crippen MR) is 131 cm³/mol. The Labute approximate surface area is 196 Å². The van der Waals surface area contributed by atoms with Crippen molar-refractivity contribution in [2.75, 3.05) is 11.1 Å². The second-order valence-corrected chi connectivity index (χ2v) is 9.30. The zero-order valence-electron chi connectivity index (χ0n) is 18.4. The van der Waals surface area contributed by atoms with E-state index < -0.39 is 0 Å². The van der Waals surface area contributed by atoms with Crippen molar-refractivity contribution in [3.63, 3.8) is 0 Å². The van der Waals surface area contributed by atoms with Crippen molar-refractivity contribution >= 4 is 45.8 Å². The van der Waals surface area contributed by atoms with Crippen molar-refractivity contribution < 1.29 is 9.59 Å². The van der Waals surface area contributed by atoms with Gasteiger partial charge in [-0.1, -0.05) is 54.9 Å². The maximum absolute atomic E-state index is 12.8. The van der Waals surface area contributed by atoms with Crippen LogP contribution < -0.4 is 10.6 Å². The van der Waals surface area contributed by atoms with E-state index in [-0.39, 0.29) is 23.6 Å². The Balaban J connectivity index is 1.31. The lowest BCUT2D eigenvalue weighted by Gasteiger charge is -2.15. The summed E-state index contributed by atoms with van der Waals surface area (Å²) in [5.74, 6) is -0.188. The van der Waals surface area contributed by atoms with Crippen LogP contribution in [0, 0.1) is 6.92 Å². The molecule has 0 aliphatic heterocycles. The van der Waals surface area contributed by atoms with Gasteiger partial charge in [0.2, 0.25) is 5.91 Å². The van der Waals surface area contributed by atoms with E-state index in [4.69, 9.17) is 0 Å². The highest BCUT2D eigenvalue weighted by atomic mass is 32.2. The number of aromatic nitrogens is 3. The SMILES string of the molecule is Cc1cc2nnc(SCC(=O)Nc3ccccc3C(=O)NC3CCCC3)n2c2ccccc12. The molecule has 0 unspecified atom stereocenters. The molecule has 2 heterocycles. The molecule has 1 fully saturated rings. The summed E-state index contributed by atoms with van der Waals surface area (Å²) in [6.45, 7) is 2.05. The molecule has 1 aliphatic rings. The number of anilines is 1. The third-order valence-electron chi connectivity index (χ3n) is 6.04. The van der Waals surface area contributed by atoms with Crippen LogP contribution in [0.4, 0.5) is 5.69 Å². The molecule has 4 aromatic rings. The molecule has 2 aromatic carbocycles. The topological polar surface area (TPSA) is 88.4 Å². The summed E-state index contributed by atoms with van der Waals surface area (Å²) in [6.07, 6.45) is 4.31. The van der Waals surface area contributed by atoms with Crippen molar-refractivity contribution in [3.8, 4) is 0 Å². The number of aryl methyl sites for hydroxylation is 1. The Morgan fingerprint density at radius 2 is 1.82 bits per heavy atom. The van der Waals surface area contributed by atoms with Gasteiger partial charge >= 0.3 is 0 Å². The Kier molecular flexibility index (Phi) is 6.00. The lowest BCUT2D eigenvalue weighted by molar-refractivity contribution is -0.113. The van der Waals surface area contributed by atoms with E-state index in [0.717, 1.165) is 47.8 Å². The molecule has 5 rings (SSSR count). The number of pyridine rings is 1. The summed E-state index contributed by atoms with van der Waals surface area (Å²) in [4.78, 5) is 25.5. The number of benzene rings is 2. The molecule has 0 radical (unpaired) electrons. The second-order valence-electron chi connectivity index (χ2n) is 8.36. The Hall–Kier alpha value is -3.39. The maximum Gasteiger partial charge on any atom is 0.253 e. The number of fused-ring (bicyclic) bond motifs is 3. The molecule has 2 amide bonds. The van der Waals surface area contributed by atoms with Crippen LogP contribution in [0.2, 0.25) is 0 Å². The molecule has 8 heteroatoms. The Morgan fingerprint density at radius 1 is 1.06 bits per heavy atom. The molecule has 2 aromatic heterocycles. The molecular weight excluding hydrogens is 434 g/mol. The summed E-state index contributed by atoms with van der Waals surface area (Å²) in [6, 6.07) is 17.4. The van der Waals surface area contributed by atoms with Crippen molar-refractivity contribution in [2.45, 2.75) is 43.8 Å². The van der Waals surface area contributed by atoms with Gasteiger partial charge in [0.25, 0.3) is 5.91 Å². The van der Waals surface area contributed by atoms with E-state index in [1.165, 1.54) is 11.8 Å². The smallest absolute Gasteiger partial charge is 0.253 e. The van der Waals surface area contributed by atoms with Crippen LogP contribution in [0.5, 0.6) is 0 Å². The van der Waals surface area contributed by atoms with Crippen LogP contribution in [0.3, 0.4) is 0 Å². The van der Waals surface area contributed by atoms with Crippen LogP contribution >= 0.6 is 11.8 Å². The fourth-order valence-corrected chi connectivity index (χ4v) is 5.16. The lowest BCUT2D eigenvalue weighted by atomic mass is 10.1. The molecule has 0 bridgehead atoms. The predicted octanol–water partition coefficient (Wildman–Crippen LogP) is 4.59. The Morgan fingerprint density at radius 3 is 2.67 bits per heavy atom. The molecule has 0 spiro atoms. The zero-order valence-corrected chi connectivity index (χ0v) is 19.2. The van der Waals surface area contributed by atoms with Crippen LogP contribution in [0.1, 0.15) is 41.6 Å². The molecule has 2 N–H and O–H groups in total. The number of nitrogens with one attached hydrogen (secondary N) is 2. The van der Waals surface area contributed by atoms with Gasteiger partial charge in [0.1, 0.15) is 0 Å². The van der Waals surface area contributed by atoms with Gasteiger partial charge in [-0.2, -0.15) is 0 Å². The van der Waals surface area contributed by atoms with Gasteiger partial charge in [0.15, 0.2) is 10.8 Å². The van der Waals surface area contributed by atoms with Gasteiger partial charge in [-0.3, -0.25) is 14.0 Å². The van der Waals surface area contributed by atoms with E-state index in [9.17, 15) is 9.59 Å². The zero-order chi connectivity index (χ0) is 22.8. The molecule has 33 heavy (non-hydrogen) atoms.